The summed E-state index contributed by atoms with van der Waals surface area (Å²) in [7, 11) is 0. The first-order chi connectivity index (χ1) is 23.7. The molecular weight excluding hydrogens is 711 g/mol. The van der Waals surface area contributed by atoms with Gasteiger partial charge in [0.1, 0.15) is 11.5 Å². The zero-order valence-electron chi connectivity index (χ0n) is 34.6. The van der Waals surface area contributed by atoms with E-state index in [2.05, 4.69) is 100 Å². The number of unbranched alkanes of at least 4 members (excludes halogenated alkanes) is 2. The van der Waals surface area contributed by atoms with Gasteiger partial charge in [-0.2, -0.15) is 0 Å². The van der Waals surface area contributed by atoms with Gasteiger partial charge in [-0.25, -0.2) is 9.59 Å². The minimum atomic E-state index is -1.82. The predicted molar refractivity (Wildman–Crippen MR) is 217 cm³/mol. The van der Waals surface area contributed by atoms with Crippen LogP contribution in [0.25, 0.3) is 0 Å². The number of aliphatic imine (C=N–C) groups is 2. The van der Waals surface area contributed by atoms with Crippen molar-refractivity contribution in [3.63, 3.8) is 0 Å². The van der Waals surface area contributed by atoms with Crippen LogP contribution in [0, 0.1) is 7.43 Å². The number of aliphatic carboxylic acids is 2. The van der Waals surface area contributed by atoms with Crippen LogP contribution in [-0.2, 0) is 42.6 Å². The molecule has 1 saturated carbocycles. The number of hydrogen-bond donors (Lipinski definition) is 4. The van der Waals surface area contributed by atoms with Gasteiger partial charge in [-0.3, -0.25) is 9.98 Å². The van der Waals surface area contributed by atoms with Gasteiger partial charge in [-0.05, 0) is 76.7 Å². The van der Waals surface area contributed by atoms with Gasteiger partial charge in [0.05, 0.1) is 12.1 Å². The average Bonchev–Trinajstić information content (AvgIpc) is 3.04. The van der Waals surface area contributed by atoms with Crippen LogP contribution in [0.1, 0.15) is 180 Å². The molecule has 1 aliphatic carbocycles. The van der Waals surface area contributed by atoms with Crippen LogP contribution in [0.4, 0.5) is 0 Å². The van der Waals surface area contributed by atoms with Crippen LogP contribution in [0.3, 0.4) is 0 Å². The van der Waals surface area contributed by atoms with Crippen molar-refractivity contribution in [1.82, 2.24) is 0 Å². The zero-order valence-corrected chi connectivity index (χ0v) is 35.6. The van der Waals surface area contributed by atoms with E-state index < -0.39 is 11.9 Å². The van der Waals surface area contributed by atoms with Gasteiger partial charge in [0.2, 0.25) is 0 Å². The number of carbonyl (C=O) groups is 2. The maximum Gasteiger partial charge on any atom is 0.414 e. The standard InChI is InChI=1S/C41H64N2O2.C2H2O4.CH3.Co/c1-12-14-20-41(11,21-15-13-2)32-23-29(37(44)33(24-32)28(3)4)26-42-35-18-16-17-19-36(35)43-27-30-22-31(39(5,6)7)25-34(38(30)45)40(8,9)10;3-1(4)2(5)6;;/h22-28,35-36,44-45H,12-21H2,1-11H3;(H,3,4)(H,5,6);1H3;/q;;-1;. The number of phenols is 2. The summed E-state index contributed by atoms with van der Waals surface area (Å²) in [4.78, 5) is 28.4. The summed E-state index contributed by atoms with van der Waals surface area (Å²) in [5, 5.41) is 37.5. The van der Waals surface area contributed by atoms with Gasteiger partial charge >= 0.3 is 11.9 Å². The molecule has 0 spiro atoms. The largest absolute Gasteiger partial charge is 0.507 e. The fourth-order valence-electron chi connectivity index (χ4n) is 6.67. The van der Waals surface area contributed by atoms with E-state index in [9.17, 15) is 10.2 Å². The maximum absolute atomic E-state index is 11.4. The van der Waals surface area contributed by atoms with Gasteiger partial charge in [-0.1, -0.05) is 127 Å². The quantitative estimate of drug-likeness (QED) is 0.0960. The number of rotatable bonds is 12. The minimum Gasteiger partial charge on any atom is -0.507 e. The van der Waals surface area contributed by atoms with E-state index >= 15 is 0 Å². The number of nitrogens with zero attached hydrogens (tertiary/aromatic N) is 2. The number of aromatic hydroxyl groups is 2. The minimum absolute atomic E-state index is 0. The molecule has 53 heavy (non-hydrogen) atoms. The smallest absolute Gasteiger partial charge is 0.414 e. The maximum atomic E-state index is 11.4. The van der Waals surface area contributed by atoms with Gasteiger partial charge in [0.15, 0.2) is 0 Å². The van der Waals surface area contributed by atoms with Crippen LogP contribution in [0.5, 0.6) is 11.5 Å². The van der Waals surface area contributed by atoms with E-state index in [0.717, 1.165) is 60.8 Å². The van der Waals surface area contributed by atoms with Crippen molar-refractivity contribution in [3.8, 4) is 11.5 Å². The van der Waals surface area contributed by atoms with Crippen molar-refractivity contribution >= 4 is 24.4 Å². The van der Waals surface area contributed by atoms with Gasteiger partial charge in [-0.15, -0.1) is 0 Å². The van der Waals surface area contributed by atoms with Crippen LogP contribution in [0.15, 0.2) is 34.3 Å². The Labute approximate surface area is 331 Å². The fraction of sp³-hybridized carbons (Fsp3) is 0.614. The van der Waals surface area contributed by atoms with Crippen molar-refractivity contribution in [2.24, 2.45) is 9.98 Å². The summed E-state index contributed by atoms with van der Waals surface area (Å²) in [5.74, 6) is -2.74. The van der Waals surface area contributed by atoms with Crippen molar-refractivity contribution in [3.05, 3.63) is 65.1 Å². The van der Waals surface area contributed by atoms with E-state index in [4.69, 9.17) is 29.8 Å². The molecule has 9 heteroatoms. The van der Waals surface area contributed by atoms with Crippen LogP contribution in [-0.4, -0.2) is 56.9 Å². The summed E-state index contributed by atoms with van der Waals surface area (Å²) in [6, 6.07) is 8.81. The van der Waals surface area contributed by atoms with E-state index in [-0.39, 0.29) is 58.5 Å². The Bertz CT molecular complexity index is 1510. The second-order valence-corrected chi connectivity index (χ2v) is 17.0. The third-order valence-electron chi connectivity index (χ3n) is 10.2. The number of carboxylic acid groups (broad SMARTS) is 2. The van der Waals surface area contributed by atoms with Crippen molar-refractivity contribution in [2.45, 2.75) is 175 Å². The molecule has 301 valence electrons. The monoisotopic (exact) mass is 780 g/mol. The van der Waals surface area contributed by atoms with E-state index in [1.807, 2.05) is 12.4 Å². The Balaban J connectivity index is 0.00000311. The van der Waals surface area contributed by atoms with Gasteiger partial charge in [0.25, 0.3) is 0 Å². The number of carboxylic acids is 2. The molecule has 1 radical (unpaired) electrons. The molecule has 0 bridgehead atoms. The van der Waals surface area contributed by atoms with Crippen molar-refractivity contribution in [2.75, 3.05) is 0 Å². The molecule has 4 N–H and O–H groups in total. The van der Waals surface area contributed by atoms with E-state index in [1.54, 1.807) is 0 Å². The topological polar surface area (TPSA) is 140 Å². The van der Waals surface area contributed by atoms with E-state index in [0.29, 0.717) is 11.5 Å². The van der Waals surface area contributed by atoms with Gasteiger partial charge < -0.3 is 27.9 Å². The molecule has 8 nitrogen and oxygen atoms in total. The third kappa shape index (κ3) is 14.5. The Kier molecular flexibility index (Phi) is 20.4. The summed E-state index contributed by atoms with van der Waals surface area (Å²) in [5.41, 5.74) is 5.97. The molecule has 0 amide bonds. The molecule has 2 unspecified atom stereocenters. The van der Waals surface area contributed by atoms with Crippen LogP contribution >= 0.6 is 0 Å². The number of hydrogen-bond acceptors (Lipinski definition) is 6. The summed E-state index contributed by atoms with van der Waals surface area (Å²) in [6.45, 7) is 24.3. The predicted octanol–water partition coefficient (Wildman–Crippen LogP) is 10.9. The van der Waals surface area contributed by atoms with Crippen molar-refractivity contribution in [1.29, 1.82) is 0 Å². The zero-order chi connectivity index (χ0) is 38.7. The molecule has 0 saturated heterocycles. The molecule has 1 aliphatic rings. The molecular formula is C44H69CoN2O6-. The molecule has 0 aromatic heterocycles. The first kappa shape index (κ1) is 49.8. The summed E-state index contributed by atoms with van der Waals surface area (Å²) >= 11 is 0. The van der Waals surface area contributed by atoms with Crippen molar-refractivity contribution < 1.29 is 46.8 Å². The molecule has 2 aromatic carbocycles. The molecule has 0 aliphatic heterocycles. The van der Waals surface area contributed by atoms with Crippen LogP contribution in [0.2, 0.25) is 0 Å². The Hall–Kier alpha value is -3.17. The first-order valence-corrected chi connectivity index (χ1v) is 18.9. The van der Waals surface area contributed by atoms with Crippen LogP contribution < -0.4 is 0 Å². The SMILES string of the molecule is CCCCC(C)(CCCC)c1cc(C=NC2CCCCC2N=Cc2cc(C(C)(C)C)cc(C(C)(C)C)c2O)c(O)c(C(C)C)c1.O=C(O)C(=O)O.[CH3-].[Co]. The Morgan fingerprint density at radius 3 is 1.55 bits per heavy atom. The second kappa shape index (κ2) is 21.6. The normalized spacial score (nSPS) is 16.5. The first-order valence-electron chi connectivity index (χ1n) is 18.9. The molecule has 2 aromatic rings. The molecule has 2 atom stereocenters. The Morgan fingerprint density at radius 1 is 0.736 bits per heavy atom. The second-order valence-electron chi connectivity index (χ2n) is 17.0. The van der Waals surface area contributed by atoms with Gasteiger partial charge in [0, 0.05) is 45.9 Å². The molecule has 0 heterocycles. The molecule has 1 fully saturated rings. The summed E-state index contributed by atoms with van der Waals surface area (Å²) < 4.78 is 0. The number of phenolic OH excluding ortho intramolecular Hbond substituents is 2. The summed E-state index contributed by atoms with van der Waals surface area (Å²) in [6.07, 6.45) is 15.1. The van der Waals surface area contributed by atoms with E-state index in [1.165, 1.54) is 36.8 Å². The third-order valence-corrected chi connectivity index (χ3v) is 10.2. The molecule has 3 rings (SSSR count). The fourth-order valence-corrected chi connectivity index (χ4v) is 6.67. The Morgan fingerprint density at radius 2 is 1.17 bits per heavy atom. The number of benzene rings is 2. The average molecular weight is 781 g/mol.